The highest BCUT2D eigenvalue weighted by Crippen LogP contribution is 2.22. The van der Waals surface area contributed by atoms with Gasteiger partial charge in [0.25, 0.3) is 0 Å². The molecule has 2 N–H and O–H groups in total. The second-order valence-corrected chi connectivity index (χ2v) is 4.51. The fourth-order valence-electron chi connectivity index (χ4n) is 2.00. The van der Waals surface area contributed by atoms with Crippen LogP contribution in [0, 0.1) is 0 Å². The SMILES string of the molecule is CC.Nc1ccc(-c2ccc(C(=O)C3=CC=C3)cc2)cc1.[HH].[HH]. The maximum absolute atomic E-state index is 12.0. The van der Waals surface area contributed by atoms with Crippen molar-refractivity contribution in [3.8, 4) is 11.1 Å². The first kappa shape index (κ1) is 14.8. The van der Waals surface area contributed by atoms with Gasteiger partial charge in [-0.2, -0.15) is 0 Å². The molecule has 2 heteroatoms. The van der Waals surface area contributed by atoms with Gasteiger partial charge in [-0.25, -0.2) is 0 Å². The molecule has 0 fully saturated rings. The lowest BCUT2D eigenvalue weighted by Crippen LogP contribution is -2.04. The molecule has 0 heterocycles. The number of anilines is 1. The lowest BCUT2D eigenvalue weighted by Gasteiger charge is -2.07. The summed E-state index contributed by atoms with van der Waals surface area (Å²) in [5.74, 6) is 0.0753. The van der Waals surface area contributed by atoms with Crippen molar-refractivity contribution >= 4 is 11.5 Å². The van der Waals surface area contributed by atoms with Crippen molar-refractivity contribution in [3.63, 3.8) is 0 Å². The normalized spacial score (nSPS) is 11.8. The average molecular weight is 281 g/mol. The Hall–Kier alpha value is -2.61. The van der Waals surface area contributed by atoms with Crippen molar-refractivity contribution in [2.75, 3.05) is 5.73 Å². The summed E-state index contributed by atoms with van der Waals surface area (Å²) < 4.78 is 0. The van der Waals surface area contributed by atoms with E-state index < -0.39 is 0 Å². The summed E-state index contributed by atoms with van der Waals surface area (Å²) in [7, 11) is 0. The van der Waals surface area contributed by atoms with E-state index in [9.17, 15) is 4.79 Å². The molecule has 0 radical (unpaired) electrons. The van der Waals surface area contributed by atoms with Gasteiger partial charge in [0, 0.05) is 19.7 Å². The maximum Gasteiger partial charge on any atom is 0.193 e. The van der Waals surface area contributed by atoms with Gasteiger partial charge in [-0.05, 0) is 23.3 Å². The summed E-state index contributed by atoms with van der Waals surface area (Å²) in [6, 6.07) is 15.3. The van der Waals surface area contributed by atoms with Gasteiger partial charge in [0.1, 0.15) is 0 Å². The maximum atomic E-state index is 12.0. The fourth-order valence-corrected chi connectivity index (χ4v) is 2.00. The van der Waals surface area contributed by atoms with Crippen molar-refractivity contribution in [1.82, 2.24) is 0 Å². The number of ketones is 1. The predicted molar refractivity (Wildman–Crippen MR) is 93.4 cm³/mol. The molecule has 0 spiro atoms. The molecule has 0 amide bonds. The van der Waals surface area contributed by atoms with Gasteiger partial charge < -0.3 is 5.73 Å². The fraction of sp³-hybridized carbons (Fsp3) is 0.105. The smallest absolute Gasteiger partial charge is 0.193 e. The third kappa shape index (κ3) is 3.29. The van der Waals surface area contributed by atoms with E-state index in [-0.39, 0.29) is 8.64 Å². The minimum atomic E-state index is 0. The molecule has 0 atom stereocenters. The molecule has 0 saturated heterocycles. The van der Waals surface area contributed by atoms with E-state index in [1.165, 1.54) is 0 Å². The first-order valence-corrected chi connectivity index (χ1v) is 7.13. The predicted octanol–water partition coefficient (Wildman–Crippen LogP) is 5.13. The summed E-state index contributed by atoms with van der Waals surface area (Å²) >= 11 is 0. The topological polar surface area (TPSA) is 43.1 Å². The number of carbonyl (C=O) groups excluding carboxylic acids is 1. The van der Waals surface area contributed by atoms with E-state index in [1.54, 1.807) is 0 Å². The number of allylic oxidation sites excluding steroid dienone is 4. The van der Waals surface area contributed by atoms with Crippen LogP contribution >= 0.6 is 0 Å². The molecule has 0 bridgehead atoms. The average Bonchev–Trinajstić information content (AvgIpc) is 2.48. The molecule has 1 aliphatic rings. The number of rotatable bonds is 3. The number of nitrogen functional groups attached to an aromatic ring is 1. The van der Waals surface area contributed by atoms with Crippen molar-refractivity contribution in [2.24, 2.45) is 0 Å². The van der Waals surface area contributed by atoms with E-state index in [1.807, 2.05) is 80.6 Å². The minimum absolute atomic E-state index is 0. The van der Waals surface area contributed by atoms with Crippen LogP contribution < -0.4 is 5.73 Å². The number of Topliss-reactive ketones (excluding diaryl/α,β-unsaturated/α-hetero) is 1. The molecule has 2 aromatic rings. The van der Waals surface area contributed by atoms with Crippen LogP contribution in [-0.2, 0) is 0 Å². The van der Waals surface area contributed by atoms with E-state index in [4.69, 9.17) is 5.73 Å². The lowest BCUT2D eigenvalue weighted by molar-refractivity contribution is 0.103. The van der Waals surface area contributed by atoms with Gasteiger partial charge in [-0.15, -0.1) is 0 Å². The highest BCUT2D eigenvalue weighted by Gasteiger charge is 2.12. The molecule has 3 rings (SSSR count). The van der Waals surface area contributed by atoms with Crippen LogP contribution in [0.15, 0.2) is 72.3 Å². The second-order valence-electron chi connectivity index (χ2n) is 4.51. The van der Waals surface area contributed by atoms with E-state index >= 15 is 0 Å². The Morgan fingerprint density at radius 3 is 1.81 bits per heavy atom. The molecule has 0 unspecified atom stereocenters. The molecular formula is C19H23NO. The van der Waals surface area contributed by atoms with Gasteiger partial charge in [-0.3, -0.25) is 4.79 Å². The lowest BCUT2D eigenvalue weighted by atomic mass is 9.96. The van der Waals surface area contributed by atoms with Crippen LogP contribution in [0.2, 0.25) is 0 Å². The van der Waals surface area contributed by atoms with Crippen molar-refractivity contribution in [3.05, 3.63) is 77.9 Å². The number of nitrogens with two attached hydrogens (primary N) is 1. The Morgan fingerprint density at radius 1 is 0.905 bits per heavy atom. The molecular weight excluding hydrogens is 258 g/mol. The highest BCUT2D eigenvalue weighted by molar-refractivity contribution is 6.12. The zero-order valence-electron chi connectivity index (χ0n) is 12.3. The van der Waals surface area contributed by atoms with Crippen LogP contribution in [0.3, 0.4) is 0 Å². The van der Waals surface area contributed by atoms with Crippen molar-refractivity contribution < 1.29 is 7.65 Å². The Bertz CT molecular complexity index is 686. The van der Waals surface area contributed by atoms with Crippen LogP contribution in [0.25, 0.3) is 11.1 Å². The van der Waals surface area contributed by atoms with Gasteiger partial charge in [0.15, 0.2) is 5.78 Å². The molecule has 0 saturated carbocycles. The Balaban J connectivity index is 0.00000117. The molecule has 2 nitrogen and oxygen atoms in total. The largest absolute Gasteiger partial charge is 0.399 e. The summed E-state index contributed by atoms with van der Waals surface area (Å²) in [6.45, 7) is 4.00. The Labute approximate surface area is 128 Å². The monoisotopic (exact) mass is 281 g/mol. The highest BCUT2D eigenvalue weighted by atomic mass is 16.1. The summed E-state index contributed by atoms with van der Waals surface area (Å²) in [6.07, 6.45) is 5.53. The van der Waals surface area contributed by atoms with Crippen LogP contribution in [0.5, 0.6) is 0 Å². The molecule has 21 heavy (non-hydrogen) atoms. The van der Waals surface area contributed by atoms with Gasteiger partial charge >= 0.3 is 0 Å². The van der Waals surface area contributed by atoms with Crippen LogP contribution in [-0.4, -0.2) is 5.78 Å². The van der Waals surface area contributed by atoms with E-state index in [2.05, 4.69) is 0 Å². The standard InChI is InChI=1S/C17H13NO.C2H6.2H2/c18-16-10-8-13(9-11-16)12-4-6-15(7-5-12)17(19)14-2-1-3-14;1-2;;/h1-11H,18H2;1-2H3;2*1H. The Kier molecular flexibility index (Phi) is 4.72. The molecule has 0 aromatic heterocycles. The first-order valence-electron chi connectivity index (χ1n) is 7.13. The summed E-state index contributed by atoms with van der Waals surface area (Å²) in [4.78, 5) is 12.0. The molecule has 0 aliphatic heterocycles. The van der Waals surface area contributed by atoms with E-state index in [0.29, 0.717) is 0 Å². The number of hydrogen-bond donors (Lipinski definition) is 1. The third-order valence-electron chi connectivity index (χ3n) is 3.20. The number of carbonyl (C=O) groups is 1. The molecule has 1 aliphatic carbocycles. The summed E-state index contributed by atoms with van der Waals surface area (Å²) in [5, 5.41) is 0. The number of hydrogen-bond acceptors (Lipinski definition) is 2. The minimum Gasteiger partial charge on any atom is -0.399 e. The van der Waals surface area contributed by atoms with Gasteiger partial charge in [-0.1, -0.05) is 68.5 Å². The van der Waals surface area contributed by atoms with Crippen molar-refractivity contribution in [2.45, 2.75) is 13.8 Å². The third-order valence-corrected chi connectivity index (χ3v) is 3.20. The summed E-state index contributed by atoms with van der Waals surface area (Å²) in [5.41, 5.74) is 10.1. The zero-order valence-corrected chi connectivity index (χ0v) is 12.3. The Morgan fingerprint density at radius 2 is 1.38 bits per heavy atom. The molecule has 110 valence electrons. The van der Waals surface area contributed by atoms with Gasteiger partial charge in [0.05, 0.1) is 0 Å². The van der Waals surface area contributed by atoms with E-state index in [0.717, 1.165) is 28.0 Å². The first-order chi connectivity index (χ1) is 10.2. The van der Waals surface area contributed by atoms with Crippen molar-refractivity contribution in [1.29, 1.82) is 0 Å². The zero-order chi connectivity index (χ0) is 15.2. The second kappa shape index (κ2) is 6.71. The number of benzene rings is 2. The van der Waals surface area contributed by atoms with Crippen LogP contribution in [0.4, 0.5) is 5.69 Å². The van der Waals surface area contributed by atoms with Gasteiger partial charge in [0.2, 0.25) is 0 Å². The molecule has 2 aromatic carbocycles. The quantitative estimate of drug-likeness (QED) is 0.625. The van der Waals surface area contributed by atoms with Crippen LogP contribution in [0.1, 0.15) is 27.1 Å².